The molecule has 6 heteroatoms. The van der Waals surface area contributed by atoms with Crippen molar-refractivity contribution < 1.29 is 4.79 Å². The molecule has 0 bridgehead atoms. The number of carbonyl (C=O) groups is 1. The summed E-state index contributed by atoms with van der Waals surface area (Å²) < 4.78 is 0. The van der Waals surface area contributed by atoms with E-state index in [0.29, 0.717) is 29.1 Å². The number of benzene rings is 2. The average molecular weight is 393 g/mol. The Bertz CT molecular complexity index is 1160. The number of aromatic nitrogens is 3. The van der Waals surface area contributed by atoms with Gasteiger partial charge in [0.25, 0.3) is 5.91 Å². The Morgan fingerprint density at radius 3 is 2.75 bits per heavy atom. The number of fused-ring (bicyclic) bond motifs is 1. The molecule has 0 radical (unpaired) electrons. The summed E-state index contributed by atoms with van der Waals surface area (Å²) in [4.78, 5) is 15.5. The number of halogens is 1. The standard InChI is InChI=1S/C22H21ClN4O/c1-13-16(17-7-2-3-8-18(17)25-13)9-10-19-21(22(24)28)20(27-26-19)12-14-5-4-6-15(23)11-14/h2-8,11,25H,9-10,12H2,1H3,(H2,24,28)(H,26,27). The quantitative estimate of drug-likeness (QED) is 0.456. The first-order valence-electron chi connectivity index (χ1n) is 9.19. The number of nitrogens with two attached hydrogens (primary N) is 1. The molecule has 0 spiro atoms. The van der Waals surface area contributed by atoms with Gasteiger partial charge in [0.05, 0.1) is 17.0 Å². The maximum Gasteiger partial charge on any atom is 0.252 e. The zero-order chi connectivity index (χ0) is 19.7. The monoisotopic (exact) mass is 392 g/mol. The molecule has 0 fully saturated rings. The minimum absolute atomic E-state index is 0.462. The van der Waals surface area contributed by atoms with Gasteiger partial charge in [-0.3, -0.25) is 9.89 Å². The molecule has 1 amide bonds. The second kappa shape index (κ2) is 7.52. The fourth-order valence-corrected chi connectivity index (χ4v) is 3.98. The largest absolute Gasteiger partial charge is 0.365 e. The minimum atomic E-state index is -0.462. The third kappa shape index (κ3) is 3.53. The molecule has 5 nitrogen and oxygen atoms in total. The minimum Gasteiger partial charge on any atom is -0.365 e. The van der Waals surface area contributed by atoms with Crippen LogP contribution in [0.25, 0.3) is 10.9 Å². The Labute approximate surface area is 167 Å². The second-order valence-electron chi connectivity index (χ2n) is 6.97. The van der Waals surface area contributed by atoms with E-state index < -0.39 is 5.91 Å². The van der Waals surface area contributed by atoms with Crippen LogP contribution >= 0.6 is 11.6 Å². The number of primary amides is 1. The van der Waals surface area contributed by atoms with Gasteiger partial charge in [0.2, 0.25) is 0 Å². The first kappa shape index (κ1) is 18.3. The van der Waals surface area contributed by atoms with E-state index in [-0.39, 0.29) is 0 Å². The van der Waals surface area contributed by atoms with Crippen molar-refractivity contribution in [2.45, 2.75) is 26.2 Å². The van der Waals surface area contributed by atoms with Gasteiger partial charge in [0.15, 0.2) is 0 Å². The van der Waals surface area contributed by atoms with Gasteiger partial charge < -0.3 is 10.7 Å². The maximum absolute atomic E-state index is 12.1. The molecule has 0 saturated heterocycles. The van der Waals surface area contributed by atoms with Gasteiger partial charge in [-0.05, 0) is 49.1 Å². The van der Waals surface area contributed by atoms with Crippen molar-refractivity contribution in [2.24, 2.45) is 5.73 Å². The predicted molar refractivity (Wildman–Crippen MR) is 112 cm³/mol. The van der Waals surface area contributed by atoms with Crippen LogP contribution in [0.1, 0.15) is 38.6 Å². The summed E-state index contributed by atoms with van der Waals surface area (Å²) in [5, 5.41) is 9.26. The van der Waals surface area contributed by atoms with Gasteiger partial charge in [-0.1, -0.05) is 41.9 Å². The van der Waals surface area contributed by atoms with Crippen molar-refractivity contribution in [3.05, 3.63) is 87.3 Å². The van der Waals surface area contributed by atoms with Crippen molar-refractivity contribution in [3.63, 3.8) is 0 Å². The average Bonchev–Trinajstić information content (AvgIpc) is 3.20. The number of amides is 1. The van der Waals surface area contributed by atoms with Crippen LogP contribution < -0.4 is 5.73 Å². The maximum atomic E-state index is 12.1. The summed E-state index contributed by atoms with van der Waals surface area (Å²) >= 11 is 6.07. The molecule has 2 heterocycles. The van der Waals surface area contributed by atoms with Crippen LogP contribution in [0.3, 0.4) is 0 Å². The van der Waals surface area contributed by atoms with E-state index in [1.165, 1.54) is 10.9 Å². The highest BCUT2D eigenvalue weighted by atomic mass is 35.5. The highest BCUT2D eigenvalue weighted by molar-refractivity contribution is 6.30. The fraction of sp³-hybridized carbons (Fsp3) is 0.182. The Morgan fingerprint density at radius 1 is 1.14 bits per heavy atom. The number of aryl methyl sites for hydroxylation is 3. The van der Waals surface area contributed by atoms with Crippen LogP contribution in [-0.2, 0) is 19.3 Å². The molecule has 0 unspecified atom stereocenters. The Balaban J connectivity index is 1.60. The number of aromatic amines is 2. The number of hydrogen-bond acceptors (Lipinski definition) is 2. The van der Waals surface area contributed by atoms with E-state index in [4.69, 9.17) is 17.3 Å². The molecule has 2 aromatic heterocycles. The summed E-state index contributed by atoms with van der Waals surface area (Å²) in [6.45, 7) is 2.07. The Kier molecular flexibility index (Phi) is 4.92. The zero-order valence-corrected chi connectivity index (χ0v) is 16.3. The lowest BCUT2D eigenvalue weighted by Gasteiger charge is -2.04. The Morgan fingerprint density at radius 2 is 1.96 bits per heavy atom. The normalized spacial score (nSPS) is 11.2. The van der Waals surface area contributed by atoms with Crippen molar-refractivity contribution >= 4 is 28.4 Å². The van der Waals surface area contributed by atoms with Crippen molar-refractivity contribution in [1.29, 1.82) is 0 Å². The Hall–Kier alpha value is -3.05. The van der Waals surface area contributed by atoms with Gasteiger partial charge in [-0.2, -0.15) is 5.10 Å². The highest BCUT2D eigenvalue weighted by Gasteiger charge is 2.19. The molecule has 28 heavy (non-hydrogen) atoms. The molecule has 0 saturated carbocycles. The van der Waals surface area contributed by atoms with Gasteiger partial charge >= 0.3 is 0 Å². The molecule has 4 N–H and O–H groups in total. The zero-order valence-electron chi connectivity index (χ0n) is 15.6. The summed E-state index contributed by atoms with van der Waals surface area (Å²) in [5.74, 6) is -0.462. The van der Waals surface area contributed by atoms with Crippen molar-refractivity contribution in [3.8, 4) is 0 Å². The highest BCUT2D eigenvalue weighted by Crippen LogP contribution is 2.25. The lowest BCUT2D eigenvalue weighted by atomic mass is 10.00. The van der Waals surface area contributed by atoms with E-state index >= 15 is 0 Å². The SMILES string of the molecule is Cc1[nH]c2ccccc2c1CCc1n[nH]c(Cc2cccc(Cl)c2)c1C(N)=O. The smallest absolute Gasteiger partial charge is 0.252 e. The molecular formula is C22H21ClN4O. The van der Waals surface area contributed by atoms with E-state index in [9.17, 15) is 4.79 Å². The summed E-state index contributed by atoms with van der Waals surface area (Å²) in [6.07, 6.45) is 1.93. The van der Waals surface area contributed by atoms with Gasteiger partial charge in [-0.25, -0.2) is 0 Å². The number of hydrogen-bond donors (Lipinski definition) is 3. The van der Waals surface area contributed by atoms with Gasteiger partial charge in [0, 0.05) is 28.0 Å². The first-order chi connectivity index (χ1) is 13.5. The summed E-state index contributed by atoms with van der Waals surface area (Å²) in [5.41, 5.74) is 12.1. The lowest BCUT2D eigenvalue weighted by Crippen LogP contribution is -2.15. The first-order valence-corrected chi connectivity index (χ1v) is 9.57. The third-order valence-corrected chi connectivity index (χ3v) is 5.31. The molecule has 0 atom stereocenters. The molecule has 4 aromatic rings. The molecule has 0 aliphatic carbocycles. The number of H-pyrrole nitrogens is 2. The van der Waals surface area contributed by atoms with E-state index in [1.807, 2.05) is 36.4 Å². The molecule has 142 valence electrons. The van der Waals surface area contributed by atoms with Crippen LogP contribution in [0.2, 0.25) is 5.02 Å². The molecular weight excluding hydrogens is 372 g/mol. The van der Waals surface area contributed by atoms with Gasteiger partial charge in [-0.15, -0.1) is 0 Å². The van der Waals surface area contributed by atoms with Crippen LogP contribution in [0.4, 0.5) is 0 Å². The van der Waals surface area contributed by atoms with Crippen LogP contribution in [0.15, 0.2) is 48.5 Å². The number of rotatable bonds is 6. The second-order valence-corrected chi connectivity index (χ2v) is 7.41. The van der Waals surface area contributed by atoms with Crippen molar-refractivity contribution in [1.82, 2.24) is 15.2 Å². The number of carbonyl (C=O) groups excluding carboxylic acids is 1. The topological polar surface area (TPSA) is 87.6 Å². The molecule has 0 aliphatic heterocycles. The molecule has 2 aromatic carbocycles. The van der Waals surface area contributed by atoms with Gasteiger partial charge in [0.1, 0.15) is 0 Å². The van der Waals surface area contributed by atoms with E-state index in [1.54, 1.807) is 0 Å². The molecule has 0 aliphatic rings. The lowest BCUT2D eigenvalue weighted by molar-refractivity contribution is 0.0998. The van der Waals surface area contributed by atoms with Crippen LogP contribution in [0, 0.1) is 6.92 Å². The summed E-state index contributed by atoms with van der Waals surface area (Å²) in [6, 6.07) is 15.8. The van der Waals surface area contributed by atoms with Crippen LogP contribution in [0.5, 0.6) is 0 Å². The molecule has 4 rings (SSSR count). The number of para-hydroxylation sites is 1. The third-order valence-electron chi connectivity index (χ3n) is 5.07. The number of nitrogens with zero attached hydrogens (tertiary/aromatic N) is 1. The van der Waals surface area contributed by atoms with Crippen LogP contribution in [-0.4, -0.2) is 21.1 Å². The fourth-order valence-electron chi connectivity index (χ4n) is 3.77. The van der Waals surface area contributed by atoms with Crippen molar-refractivity contribution in [2.75, 3.05) is 0 Å². The number of nitrogens with one attached hydrogen (secondary N) is 2. The predicted octanol–water partition coefficient (Wildman–Crippen LogP) is 4.33. The van der Waals surface area contributed by atoms with E-state index in [2.05, 4.69) is 34.2 Å². The van der Waals surface area contributed by atoms with E-state index in [0.717, 1.165) is 28.9 Å². The summed E-state index contributed by atoms with van der Waals surface area (Å²) in [7, 11) is 0.